The van der Waals surface area contributed by atoms with Gasteiger partial charge in [0.25, 0.3) is 0 Å². The van der Waals surface area contributed by atoms with Crippen molar-refractivity contribution in [1.29, 1.82) is 0 Å². The van der Waals surface area contributed by atoms with Gasteiger partial charge in [0.2, 0.25) is 0 Å². The normalized spacial score (nSPS) is 12.3. The molecule has 0 heterocycles. The maximum Gasteiger partial charge on any atom is 0.335 e. The van der Waals surface area contributed by atoms with Crippen molar-refractivity contribution in [3.8, 4) is 0 Å². The largest absolute Gasteiger partial charge is 0.478 e. The molecule has 0 saturated carbocycles. The van der Waals surface area contributed by atoms with Gasteiger partial charge in [0, 0.05) is 5.41 Å². The molecule has 6 nitrogen and oxygen atoms in total. The lowest BCUT2D eigenvalue weighted by molar-refractivity contribution is -0.0886. The molecule has 0 radical (unpaired) electrons. The number of aliphatic hydroxyl groups is 2. The van der Waals surface area contributed by atoms with Crippen molar-refractivity contribution in [3.63, 3.8) is 0 Å². The molecule has 2 atom stereocenters. The van der Waals surface area contributed by atoms with Crippen LogP contribution in [0.2, 0.25) is 0 Å². The first-order chi connectivity index (χ1) is 21.6. The van der Waals surface area contributed by atoms with Crippen molar-refractivity contribution in [3.05, 3.63) is 70.8 Å². The van der Waals surface area contributed by atoms with Crippen LogP contribution in [0.25, 0.3) is 0 Å². The van der Waals surface area contributed by atoms with Gasteiger partial charge in [-0.05, 0) is 86.8 Å². The molecule has 2 rings (SSSR count). The fraction of sp³-hybridized carbons (Fsp3) is 0.641. The number of unbranched alkanes of at least 4 members (excludes halogenated alkanes) is 4. The molecule has 0 aliphatic carbocycles. The van der Waals surface area contributed by atoms with E-state index in [-0.39, 0.29) is 17.6 Å². The molecule has 0 spiro atoms. The van der Waals surface area contributed by atoms with E-state index >= 15 is 0 Å². The highest BCUT2D eigenvalue weighted by Crippen LogP contribution is 2.41. The molecule has 0 aliphatic heterocycles. The molecular weight excluding hydrogens is 564 g/mol. The number of hydrogen-bond acceptors (Lipinski definition) is 4. The highest BCUT2D eigenvalue weighted by Gasteiger charge is 2.41. The number of carboxylic acids is 2. The van der Waals surface area contributed by atoms with Gasteiger partial charge in [-0.25, -0.2) is 9.59 Å². The Hall–Kier alpha value is -2.70. The molecule has 0 aliphatic rings. The lowest BCUT2D eigenvalue weighted by atomic mass is 9.68. The zero-order valence-corrected chi connectivity index (χ0v) is 29.2. The van der Waals surface area contributed by atoms with Crippen LogP contribution in [0.3, 0.4) is 0 Å². The Balaban J connectivity index is 0.000000649. The summed E-state index contributed by atoms with van der Waals surface area (Å²) in [6.07, 6.45) is 16.2. The van der Waals surface area contributed by atoms with Gasteiger partial charge in [0.05, 0.1) is 23.3 Å². The van der Waals surface area contributed by atoms with Crippen LogP contribution in [0.15, 0.2) is 48.5 Å². The Labute approximate surface area is 274 Å². The number of aliphatic hydroxyl groups excluding tert-OH is 2. The van der Waals surface area contributed by atoms with Crippen LogP contribution < -0.4 is 0 Å². The van der Waals surface area contributed by atoms with Gasteiger partial charge in [-0.15, -0.1) is 0 Å². The van der Waals surface area contributed by atoms with E-state index in [1.807, 2.05) is 24.3 Å². The maximum atomic E-state index is 10.6. The molecule has 0 amide bonds. The SMILES string of the molecule is CCCC(O)C(CCC)(CCC)C(O)CCC.CCCCCc1ccc(C(=O)O)cc1.CCCCCc1ccc(C(=O)O)cc1. The molecule has 0 fully saturated rings. The highest BCUT2D eigenvalue weighted by atomic mass is 16.4. The van der Waals surface area contributed by atoms with Crippen molar-refractivity contribution in [2.24, 2.45) is 5.41 Å². The third kappa shape index (κ3) is 17.0. The minimum atomic E-state index is -0.856. The monoisotopic (exact) mass is 628 g/mol. The number of rotatable bonds is 20. The molecule has 0 bridgehead atoms. The van der Waals surface area contributed by atoms with E-state index in [0.717, 1.165) is 64.2 Å². The first-order valence-corrected chi connectivity index (χ1v) is 17.6. The average Bonchev–Trinajstić information content (AvgIpc) is 3.02. The molecular formula is C39H64O6. The molecule has 256 valence electrons. The minimum absolute atomic E-state index is 0.268. The van der Waals surface area contributed by atoms with Crippen LogP contribution in [0.5, 0.6) is 0 Å². The van der Waals surface area contributed by atoms with Crippen molar-refractivity contribution in [1.82, 2.24) is 0 Å². The Bertz CT molecular complexity index is 931. The van der Waals surface area contributed by atoms with Crippen LogP contribution >= 0.6 is 0 Å². The van der Waals surface area contributed by atoms with E-state index in [1.54, 1.807) is 24.3 Å². The summed E-state index contributed by atoms with van der Waals surface area (Å²) in [5, 5.41) is 38.3. The van der Waals surface area contributed by atoms with Crippen LogP contribution in [-0.4, -0.2) is 44.6 Å². The second kappa shape index (κ2) is 25.5. The molecule has 2 aromatic rings. The van der Waals surface area contributed by atoms with Gasteiger partial charge in [-0.2, -0.15) is 0 Å². The summed E-state index contributed by atoms with van der Waals surface area (Å²) in [7, 11) is 0. The van der Waals surface area contributed by atoms with Gasteiger partial charge in [0.15, 0.2) is 0 Å². The predicted molar refractivity (Wildman–Crippen MR) is 187 cm³/mol. The average molecular weight is 629 g/mol. The number of aryl methyl sites for hydroxylation is 2. The van der Waals surface area contributed by atoms with E-state index in [4.69, 9.17) is 10.2 Å². The van der Waals surface area contributed by atoms with Gasteiger partial charge >= 0.3 is 11.9 Å². The standard InChI is InChI=1S/C15H32O2.2C12H16O2/c1-5-9-13(16)15(11-7-3,12-8-4)14(17)10-6-2;2*1-2-3-4-5-10-6-8-11(9-7-10)12(13)14/h13-14,16-17H,5-12H2,1-4H3;2*6-9H,2-5H2,1H3,(H,13,14). The highest BCUT2D eigenvalue weighted by molar-refractivity contribution is 5.87. The second-order valence-electron chi connectivity index (χ2n) is 12.3. The molecule has 4 N–H and O–H groups in total. The van der Waals surface area contributed by atoms with Crippen molar-refractivity contribution >= 4 is 11.9 Å². The van der Waals surface area contributed by atoms with Crippen molar-refractivity contribution in [2.75, 3.05) is 0 Å². The number of aromatic carboxylic acids is 2. The molecule has 2 aromatic carbocycles. The van der Waals surface area contributed by atoms with E-state index in [9.17, 15) is 19.8 Å². The first kappa shape index (κ1) is 42.3. The summed E-state index contributed by atoms with van der Waals surface area (Å²) < 4.78 is 0. The van der Waals surface area contributed by atoms with E-state index in [0.29, 0.717) is 11.1 Å². The van der Waals surface area contributed by atoms with Crippen molar-refractivity contribution in [2.45, 2.75) is 156 Å². The quantitative estimate of drug-likeness (QED) is 0.108. The van der Waals surface area contributed by atoms with Gasteiger partial charge in [-0.3, -0.25) is 0 Å². The second-order valence-corrected chi connectivity index (χ2v) is 12.3. The molecule has 0 saturated heterocycles. The van der Waals surface area contributed by atoms with Crippen LogP contribution in [0.1, 0.15) is 163 Å². The minimum Gasteiger partial charge on any atom is -0.478 e. The number of carbonyl (C=O) groups is 2. The van der Waals surface area contributed by atoms with Crippen LogP contribution in [0, 0.1) is 5.41 Å². The number of carboxylic acid groups (broad SMARTS) is 2. The summed E-state index contributed by atoms with van der Waals surface area (Å²) in [6, 6.07) is 14.3. The topological polar surface area (TPSA) is 115 Å². The third-order valence-corrected chi connectivity index (χ3v) is 8.42. The maximum absolute atomic E-state index is 10.6. The van der Waals surface area contributed by atoms with Gasteiger partial charge in [-0.1, -0.05) is 117 Å². The zero-order valence-electron chi connectivity index (χ0n) is 29.2. The summed E-state index contributed by atoms with van der Waals surface area (Å²) in [4.78, 5) is 21.1. The summed E-state index contributed by atoms with van der Waals surface area (Å²) in [5.41, 5.74) is 2.91. The van der Waals surface area contributed by atoms with Crippen LogP contribution in [0.4, 0.5) is 0 Å². The molecule has 0 aromatic heterocycles. The number of hydrogen-bond donors (Lipinski definition) is 4. The van der Waals surface area contributed by atoms with Crippen LogP contribution in [-0.2, 0) is 12.8 Å². The fourth-order valence-corrected chi connectivity index (χ4v) is 5.85. The predicted octanol–water partition coefficient (Wildman–Crippen LogP) is 10.1. The number of benzene rings is 2. The molecule has 2 unspecified atom stereocenters. The fourth-order valence-electron chi connectivity index (χ4n) is 5.85. The Morgan fingerprint density at radius 1 is 0.533 bits per heavy atom. The van der Waals surface area contributed by atoms with Gasteiger partial charge in [0.1, 0.15) is 0 Å². The summed E-state index contributed by atoms with van der Waals surface area (Å²) in [6.45, 7) is 12.8. The molecule has 6 heteroatoms. The zero-order chi connectivity index (χ0) is 34.1. The smallest absolute Gasteiger partial charge is 0.335 e. The summed E-state index contributed by atoms with van der Waals surface area (Å²) >= 11 is 0. The van der Waals surface area contributed by atoms with Gasteiger partial charge < -0.3 is 20.4 Å². The van der Waals surface area contributed by atoms with E-state index < -0.39 is 11.9 Å². The third-order valence-electron chi connectivity index (χ3n) is 8.42. The lowest BCUT2D eigenvalue weighted by Crippen LogP contribution is -2.45. The molecule has 45 heavy (non-hydrogen) atoms. The Kier molecular flexibility index (Phi) is 24.0. The van der Waals surface area contributed by atoms with E-state index in [2.05, 4.69) is 41.5 Å². The van der Waals surface area contributed by atoms with E-state index in [1.165, 1.54) is 49.7 Å². The van der Waals surface area contributed by atoms with Crippen molar-refractivity contribution < 1.29 is 30.0 Å². The Morgan fingerprint density at radius 3 is 1.11 bits per heavy atom. The lowest BCUT2D eigenvalue weighted by Gasteiger charge is -2.42. The first-order valence-electron chi connectivity index (χ1n) is 17.6. The summed E-state index contributed by atoms with van der Waals surface area (Å²) in [5.74, 6) is -1.71. The Morgan fingerprint density at radius 2 is 0.867 bits per heavy atom.